The molecule has 0 N–H and O–H groups in total. The summed E-state index contributed by atoms with van der Waals surface area (Å²) >= 11 is 0. The number of hydrogen-bond donors (Lipinski definition) is 0. The van der Waals surface area contributed by atoms with Gasteiger partial charge in [-0.15, -0.1) is 0 Å². The Morgan fingerprint density at radius 2 is 1.58 bits per heavy atom. The quantitative estimate of drug-likeness (QED) is 0.229. The van der Waals surface area contributed by atoms with E-state index < -0.39 is 17.3 Å². The van der Waals surface area contributed by atoms with Gasteiger partial charge in [-0.3, -0.25) is 4.90 Å². The number of anilines is 1. The van der Waals surface area contributed by atoms with Crippen LogP contribution in [0.5, 0.6) is 5.88 Å². The number of fused-ring (bicyclic) bond motifs is 2. The van der Waals surface area contributed by atoms with Crippen molar-refractivity contribution in [2.24, 2.45) is 11.8 Å². The number of likely N-dealkylation sites (tertiary alicyclic amines) is 2. The summed E-state index contributed by atoms with van der Waals surface area (Å²) in [6, 6.07) is 11.2. The number of aromatic nitrogens is 3. The predicted molar refractivity (Wildman–Crippen MR) is 195 cm³/mol. The van der Waals surface area contributed by atoms with Crippen molar-refractivity contribution in [1.82, 2.24) is 24.4 Å². The molecule has 52 heavy (non-hydrogen) atoms. The van der Waals surface area contributed by atoms with Crippen molar-refractivity contribution in [3.8, 4) is 5.88 Å². The van der Waals surface area contributed by atoms with E-state index in [0.717, 1.165) is 24.0 Å². The lowest BCUT2D eigenvalue weighted by atomic mass is 10.0. The molecular weight excluding hydrogens is 664 g/mol. The SMILES string of the molecule is CC(C)c1cnn2c(N(C(=O)OC(C)(C)C)C3CC4CN(C(=O)OC(C)(C)C)CC4C3)cc(O[C@@H]3CCCN(C(=O)OCc4ccccc4)C3)nc12. The normalized spacial score (nSPS) is 22.0. The minimum absolute atomic E-state index is 0.109. The van der Waals surface area contributed by atoms with Crippen LogP contribution >= 0.6 is 0 Å². The number of amides is 3. The molecule has 3 aliphatic rings. The van der Waals surface area contributed by atoms with E-state index in [1.165, 1.54) is 0 Å². The van der Waals surface area contributed by atoms with Gasteiger partial charge in [0.05, 0.1) is 12.7 Å². The molecule has 2 saturated heterocycles. The molecule has 3 fully saturated rings. The maximum Gasteiger partial charge on any atom is 0.416 e. The topological polar surface area (TPSA) is 128 Å². The van der Waals surface area contributed by atoms with Crippen molar-refractivity contribution >= 4 is 29.7 Å². The summed E-state index contributed by atoms with van der Waals surface area (Å²) in [4.78, 5) is 50.3. The van der Waals surface area contributed by atoms with Gasteiger partial charge in [-0.05, 0) is 90.5 Å². The minimum atomic E-state index is -0.739. The van der Waals surface area contributed by atoms with Crippen molar-refractivity contribution < 1.29 is 33.3 Å². The molecule has 13 nitrogen and oxygen atoms in total. The van der Waals surface area contributed by atoms with Crippen LogP contribution in [-0.4, -0.2) is 92.2 Å². The average molecular weight is 719 g/mol. The third-order valence-electron chi connectivity index (χ3n) is 9.79. The second-order valence-electron chi connectivity index (χ2n) is 16.7. The fraction of sp³-hybridized carbons (Fsp3) is 0.615. The summed E-state index contributed by atoms with van der Waals surface area (Å²) in [6.45, 7) is 17.6. The first-order chi connectivity index (χ1) is 24.5. The number of benzene rings is 1. The maximum absolute atomic E-state index is 14.2. The van der Waals surface area contributed by atoms with E-state index in [0.29, 0.717) is 56.4 Å². The first-order valence-corrected chi connectivity index (χ1v) is 18.6. The Kier molecular flexibility index (Phi) is 10.6. The van der Waals surface area contributed by atoms with Crippen LogP contribution in [0.2, 0.25) is 0 Å². The van der Waals surface area contributed by atoms with Gasteiger partial charge < -0.3 is 28.7 Å². The van der Waals surface area contributed by atoms with Gasteiger partial charge in [0.25, 0.3) is 0 Å². The summed E-state index contributed by atoms with van der Waals surface area (Å²) < 4.78 is 25.6. The average Bonchev–Trinajstić information content (AvgIpc) is 3.77. The zero-order valence-electron chi connectivity index (χ0n) is 31.8. The van der Waals surface area contributed by atoms with Gasteiger partial charge in [-0.1, -0.05) is 44.2 Å². The zero-order valence-corrected chi connectivity index (χ0v) is 31.8. The number of piperidine rings is 1. The van der Waals surface area contributed by atoms with Crippen LogP contribution in [0, 0.1) is 11.8 Å². The smallest absolute Gasteiger partial charge is 0.416 e. The number of rotatable bonds is 7. The molecule has 0 bridgehead atoms. The molecule has 1 aromatic carbocycles. The number of hydrogen-bond acceptors (Lipinski definition) is 9. The molecule has 2 unspecified atom stereocenters. The number of carbonyl (C=O) groups is 3. The lowest BCUT2D eigenvalue weighted by Gasteiger charge is -2.34. The highest BCUT2D eigenvalue weighted by Crippen LogP contribution is 2.43. The van der Waals surface area contributed by atoms with E-state index in [-0.39, 0.29) is 48.7 Å². The predicted octanol–water partition coefficient (Wildman–Crippen LogP) is 7.42. The van der Waals surface area contributed by atoms with Crippen molar-refractivity contribution in [3.05, 3.63) is 53.7 Å². The highest BCUT2D eigenvalue weighted by Gasteiger charge is 2.47. The van der Waals surface area contributed by atoms with Gasteiger partial charge in [0.15, 0.2) is 5.65 Å². The second kappa shape index (κ2) is 14.8. The first kappa shape index (κ1) is 37.2. The van der Waals surface area contributed by atoms with E-state index in [2.05, 4.69) is 13.8 Å². The molecule has 0 radical (unpaired) electrons. The van der Waals surface area contributed by atoms with Crippen molar-refractivity contribution in [2.75, 3.05) is 31.1 Å². The largest absolute Gasteiger partial charge is 0.472 e. The Morgan fingerprint density at radius 1 is 0.904 bits per heavy atom. The van der Waals surface area contributed by atoms with Crippen LogP contribution in [-0.2, 0) is 20.8 Å². The Bertz CT molecular complexity index is 1730. The molecule has 3 atom stereocenters. The van der Waals surface area contributed by atoms with Crippen molar-refractivity contribution in [3.63, 3.8) is 0 Å². The van der Waals surface area contributed by atoms with Crippen LogP contribution in [0.15, 0.2) is 42.6 Å². The first-order valence-electron chi connectivity index (χ1n) is 18.6. The van der Waals surface area contributed by atoms with Crippen molar-refractivity contribution in [1.29, 1.82) is 0 Å². The minimum Gasteiger partial charge on any atom is -0.472 e. The summed E-state index contributed by atoms with van der Waals surface area (Å²) in [7, 11) is 0. The molecule has 1 aliphatic carbocycles. The highest BCUT2D eigenvalue weighted by molar-refractivity contribution is 5.88. The fourth-order valence-electron chi connectivity index (χ4n) is 7.46. The summed E-state index contributed by atoms with van der Waals surface area (Å²) in [5, 5.41) is 4.73. The Hall–Kier alpha value is -4.55. The lowest BCUT2D eigenvalue weighted by Crippen LogP contribution is -2.45. The van der Waals surface area contributed by atoms with Crippen LogP contribution in [0.1, 0.15) is 98.1 Å². The van der Waals surface area contributed by atoms with E-state index in [9.17, 15) is 14.4 Å². The molecular formula is C39H54N6O7. The second-order valence-corrected chi connectivity index (χ2v) is 16.7. The van der Waals surface area contributed by atoms with E-state index in [4.69, 9.17) is 29.0 Å². The third-order valence-corrected chi connectivity index (χ3v) is 9.79. The van der Waals surface area contributed by atoms with Gasteiger partial charge in [0, 0.05) is 37.3 Å². The number of carbonyl (C=O) groups excluding carboxylic acids is 3. The van der Waals surface area contributed by atoms with E-state index >= 15 is 0 Å². The zero-order chi connectivity index (χ0) is 37.4. The molecule has 0 spiro atoms. The van der Waals surface area contributed by atoms with Crippen LogP contribution in [0.25, 0.3) is 5.65 Å². The molecule has 2 aromatic heterocycles. The summed E-state index contributed by atoms with van der Waals surface area (Å²) in [6.07, 6.45) is 3.15. The lowest BCUT2D eigenvalue weighted by molar-refractivity contribution is 0.0276. The Morgan fingerprint density at radius 3 is 2.21 bits per heavy atom. The van der Waals surface area contributed by atoms with Gasteiger partial charge in [0.2, 0.25) is 5.88 Å². The third kappa shape index (κ3) is 8.73. The molecule has 13 heteroatoms. The van der Waals surface area contributed by atoms with Gasteiger partial charge in [0.1, 0.15) is 29.7 Å². The molecule has 3 aromatic rings. The highest BCUT2D eigenvalue weighted by atomic mass is 16.6. The molecule has 4 heterocycles. The monoisotopic (exact) mass is 718 g/mol. The Labute approximate surface area is 306 Å². The Balaban J connectivity index is 1.26. The van der Waals surface area contributed by atoms with Gasteiger partial charge >= 0.3 is 18.3 Å². The van der Waals surface area contributed by atoms with E-state index in [1.807, 2.05) is 71.9 Å². The van der Waals surface area contributed by atoms with Crippen LogP contribution in [0.4, 0.5) is 20.2 Å². The summed E-state index contributed by atoms with van der Waals surface area (Å²) in [5.74, 6) is 1.36. The fourth-order valence-corrected chi connectivity index (χ4v) is 7.46. The van der Waals surface area contributed by atoms with Gasteiger partial charge in [-0.2, -0.15) is 14.6 Å². The van der Waals surface area contributed by atoms with Crippen LogP contribution in [0.3, 0.4) is 0 Å². The summed E-state index contributed by atoms with van der Waals surface area (Å²) in [5.41, 5.74) is 1.13. The molecule has 2 aliphatic heterocycles. The molecule has 6 rings (SSSR count). The van der Waals surface area contributed by atoms with Crippen LogP contribution < -0.4 is 9.64 Å². The number of nitrogens with zero attached hydrogens (tertiary/aromatic N) is 6. The molecule has 1 saturated carbocycles. The van der Waals surface area contributed by atoms with E-state index in [1.54, 1.807) is 31.5 Å². The van der Waals surface area contributed by atoms with Crippen molar-refractivity contribution in [2.45, 2.75) is 117 Å². The molecule has 282 valence electrons. The maximum atomic E-state index is 14.2. The van der Waals surface area contributed by atoms with Gasteiger partial charge in [-0.25, -0.2) is 14.4 Å². The standard InChI is InChI=1S/C39H54N6O7/c1-25(2)31-20-40-45-33(19-32(41-34(31)45)50-30-15-12-16-42(23-30)35(46)49-24-26-13-10-9-11-14-26)44(37(48)52-39(6,7)8)29-17-27-21-43(22-28(27)18-29)36(47)51-38(3,4)5/h9-11,13-14,19-20,25,27-30H,12,15-18,21-24H2,1-8H3/t27?,28?,29?,30-/m1/s1. The molecule has 3 amide bonds. The number of ether oxygens (including phenoxy) is 4.